The molecule has 1 N–H and O–H groups in total. The summed E-state index contributed by atoms with van der Waals surface area (Å²) < 4.78 is 15.9. The predicted molar refractivity (Wildman–Crippen MR) is 112 cm³/mol. The second-order valence-electron chi connectivity index (χ2n) is 8.14. The molecule has 1 heterocycles. The smallest absolute Gasteiger partial charge is 0.222 e. The van der Waals surface area contributed by atoms with Gasteiger partial charge >= 0.3 is 0 Å². The second-order valence-corrected chi connectivity index (χ2v) is 8.14. The number of aromatic nitrogens is 1. The van der Waals surface area contributed by atoms with Crippen LogP contribution in [0.3, 0.4) is 0 Å². The molecule has 0 spiro atoms. The fourth-order valence-electron chi connectivity index (χ4n) is 4.23. The lowest BCUT2D eigenvalue weighted by atomic mass is 9.90. The summed E-state index contributed by atoms with van der Waals surface area (Å²) in [5.41, 5.74) is 4.97. The minimum Gasteiger partial charge on any atom is -0.353 e. The predicted octanol–water partition coefficient (Wildman–Crippen LogP) is 4.27. The van der Waals surface area contributed by atoms with Gasteiger partial charge < -0.3 is 9.88 Å². The first-order valence-electron chi connectivity index (χ1n) is 10.1. The van der Waals surface area contributed by atoms with Crippen LogP contribution in [0.4, 0.5) is 4.39 Å². The quantitative estimate of drug-likeness (QED) is 0.659. The molecule has 29 heavy (non-hydrogen) atoms. The van der Waals surface area contributed by atoms with Crippen LogP contribution in [-0.4, -0.2) is 22.8 Å². The molecule has 150 valence electrons. The van der Waals surface area contributed by atoms with Gasteiger partial charge in [-0.1, -0.05) is 26.0 Å². The summed E-state index contributed by atoms with van der Waals surface area (Å²) >= 11 is 0. The molecular weight excluding hydrogens is 367 g/mol. The standard InChI is InChI=1S/C24H25FN2O2/c1-15(2)24(29)26-19-7-9-23-21(12-19)20-11-17(14-28)6-8-22(20)27(23)13-16-4-3-5-18(25)10-16/h3-6,8,10-11,14-15,19H,7,9,12-13H2,1-2H3,(H,26,29)/t19-/m1/s1. The van der Waals surface area contributed by atoms with Crippen molar-refractivity contribution in [2.24, 2.45) is 5.92 Å². The molecule has 1 aliphatic carbocycles. The molecule has 1 atom stereocenters. The zero-order valence-electron chi connectivity index (χ0n) is 16.7. The van der Waals surface area contributed by atoms with E-state index in [2.05, 4.69) is 9.88 Å². The van der Waals surface area contributed by atoms with Crippen LogP contribution in [0.15, 0.2) is 42.5 Å². The molecule has 0 unspecified atom stereocenters. The van der Waals surface area contributed by atoms with Crippen LogP contribution >= 0.6 is 0 Å². The summed E-state index contributed by atoms with van der Waals surface area (Å²) in [6, 6.07) is 12.5. The van der Waals surface area contributed by atoms with Gasteiger partial charge in [-0.3, -0.25) is 9.59 Å². The molecule has 0 saturated heterocycles. The third-order valence-electron chi connectivity index (χ3n) is 5.73. The molecule has 1 amide bonds. The molecule has 0 aliphatic heterocycles. The van der Waals surface area contributed by atoms with Crippen molar-refractivity contribution in [2.75, 3.05) is 0 Å². The maximum absolute atomic E-state index is 13.7. The summed E-state index contributed by atoms with van der Waals surface area (Å²) in [5.74, 6) is -0.226. The van der Waals surface area contributed by atoms with Gasteiger partial charge in [0.25, 0.3) is 0 Å². The van der Waals surface area contributed by atoms with E-state index in [1.165, 1.54) is 17.3 Å². The zero-order chi connectivity index (χ0) is 20.5. The van der Waals surface area contributed by atoms with Crippen molar-refractivity contribution in [2.45, 2.75) is 45.7 Å². The molecule has 1 aliphatic rings. The van der Waals surface area contributed by atoms with Crippen molar-refractivity contribution >= 4 is 23.1 Å². The van der Waals surface area contributed by atoms with E-state index in [-0.39, 0.29) is 23.7 Å². The van der Waals surface area contributed by atoms with Crippen LogP contribution in [0.2, 0.25) is 0 Å². The van der Waals surface area contributed by atoms with Crippen LogP contribution in [-0.2, 0) is 24.2 Å². The number of carbonyl (C=O) groups excluding carboxylic acids is 2. The van der Waals surface area contributed by atoms with Gasteiger partial charge in [0.1, 0.15) is 12.1 Å². The molecule has 0 fully saturated rings. The molecule has 3 aromatic rings. The van der Waals surface area contributed by atoms with E-state index in [0.717, 1.165) is 42.0 Å². The highest BCUT2D eigenvalue weighted by molar-refractivity contribution is 5.91. The van der Waals surface area contributed by atoms with Gasteiger partial charge in [-0.15, -0.1) is 0 Å². The van der Waals surface area contributed by atoms with Gasteiger partial charge in [-0.25, -0.2) is 4.39 Å². The summed E-state index contributed by atoms with van der Waals surface area (Å²) in [5, 5.41) is 4.20. The lowest BCUT2D eigenvalue weighted by Gasteiger charge is -2.26. The van der Waals surface area contributed by atoms with Crippen LogP contribution in [0.5, 0.6) is 0 Å². The van der Waals surface area contributed by atoms with Gasteiger partial charge in [0.05, 0.1) is 0 Å². The van der Waals surface area contributed by atoms with Crippen molar-refractivity contribution in [3.8, 4) is 0 Å². The molecule has 0 saturated carbocycles. The SMILES string of the molecule is CC(C)C(=O)N[C@@H]1CCc2c(c3cc(C=O)ccc3n2Cc2cccc(F)c2)C1. The maximum Gasteiger partial charge on any atom is 0.222 e. The number of aldehydes is 1. The lowest BCUT2D eigenvalue weighted by molar-refractivity contribution is -0.124. The van der Waals surface area contributed by atoms with Crippen LogP contribution < -0.4 is 5.32 Å². The van der Waals surface area contributed by atoms with Gasteiger partial charge in [-0.2, -0.15) is 0 Å². The van der Waals surface area contributed by atoms with E-state index in [9.17, 15) is 14.0 Å². The molecule has 2 aromatic carbocycles. The van der Waals surface area contributed by atoms with E-state index in [0.29, 0.717) is 12.1 Å². The van der Waals surface area contributed by atoms with E-state index in [1.54, 1.807) is 12.1 Å². The summed E-state index contributed by atoms with van der Waals surface area (Å²) in [6.45, 7) is 4.36. The van der Waals surface area contributed by atoms with Crippen molar-refractivity contribution < 1.29 is 14.0 Å². The Morgan fingerprint density at radius 3 is 2.83 bits per heavy atom. The van der Waals surface area contributed by atoms with Gasteiger partial charge in [0.2, 0.25) is 5.91 Å². The fraction of sp³-hybridized carbons (Fsp3) is 0.333. The van der Waals surface area contributed by atoms with E-state index in [1.807, 2.05) is 38.1 Å². The lowest BCUT2D eigenvalue weighted by Crippen LogP contribution is -2.41. The van der Waals surface area contributed by atoms with Gasteiger partial charge in [0, 0.05) is 40.7 Å². The Morgan fingerprint density at radius 1 is 1.28 bits per heavy atom. The van der Waals surface area contributed by atoms with Crippen molar-refractivity contribution in [3.63, 3.8) is 0 Å². The number of amides is 1. The molecule has 0 bridgehead atoms. The molecule has 4 rings (SSSR count). The molecule has 4 nitrogen and oxygen atoms in total. The summed E-state index contributed by atoms with van der Waals surface area (Å²) in [4.78, 5) is 23.5. The molecule has 1 aromatic heterocycles. The number of benzene rings is 2. The highest BCUT2D eigenvalue weighted by atomic mass is 19.1. The first-order chi connectivity index (χ1) is 14.0. The number of rotatable bonds is 5. The van der Waals surface area contributed by atoms with E-state index < -0.39 is 0 Å². The minimum absolute atomic E-state index is 0.0487. The number of halogens is 1. The Morgan fingerprint density at radius 2 is 2.10 bits per heavy atom. The minimum atomic E-state index is -0.243. The average Bonchev–Trinajstić information content (AvgIpc) is 3.00. The van der Waals surface area contributed by atoms with Crippen LogP contribution in [0, 0.1) is 11.7 Å². The molecule has 0 radical (unpaired) electrons. The Bertz CT molecular complexity index is 1080. The Labute approximate surface area is 169 Å². The third-order valence-corrected chi connectivity index (χ3v) is 5.73. The van der Waals surface area contributed by atoms with Crippen LogP contribution in [0.25, 0.3) is 10.9 Å². The number of fused-ring (bicyclic) bond motifs is 3. The average molecular weight is 392 g/mol. The first kappa shape index (κ1) is 19.4. The summed E-state index contributed by atoms with van der Waals surface area (Å²) in [7, 11) is 0. The normalized spacial score (nSPS) is 16.1. The number of nitrogens with zero attached hydrogens (tertiary/aromatic N) is 1. The Kier molecular flexibility index (Phi) is 5.22. The van der Waals surface area contributed by atoms with Gasteiger partial charge in [-0.05, 0) is 60.7 Å². The van der Waals surface area contributed by atoms with Gasteiger partial charge in [0.15, 0.2) is 0 Å². The number of hydrogen-bond acceptors (Lipinski definition) is 2. The van der Waals surface area contributed by atoms with Crippen LogP contribution in [0.1, 0.15) is 47.4 Å². The topological polar surface area (TPSA) is 51.1 Å². The number of hydrogen-bond donors (Lipinski definition) is 1. The molecular formula is C24H25FN2O2. The third kappa shape index (κ3) is 3.82. The number of carbonyl (C=O) groups is 2. The Hall–Kier alpha value is -2.95. The van der Waals surface area contributed by atoms with Crippen molar-refractivity contribution in [3.05, 3.63) is 70.7 Å². The molecule has 5 heteroatoms. The summed E-state index contributed by atoms with van der Waals surface area (Å²) in [6.07, 6.45) is 3.30. The highest BCUT2D eigenvalue weighted by Gasteiger charge is 2.27. The van der Waals surface area contributed by atoms with Crippen molar-refractivity contribution in [1.29, 1.82) is 0 Å². The fourth-order valence-corrected chi connectivity index (χ4v) is 4.23. The first-order valence-corrected chi connectivity index (χ1v) is 10.1. The van der Waals surface area contributed by atoms with Crippen molar-refractivity contribution in [1.82, 2.24) is 9.88 Å². The maximum atomic E-state index is 13.7. The zero-order valence-corrected chi connectivity index (χ0v) is 16.7. The largest absolute Gasteiger partial charge is 0.353 e. The monoisotopic (exact) mass is 392 g/mol. The Balaban J connectivity index is 1.76. The van der Waals surface area contributed by atoms with E-state index in [4.69, 9.17) is 0 Å². The second kappa shape index (κ2) is 7.82. The highest BCUT2D eigenvalue weighted by Crippen LogP contribution is 2.33. The number of nitrogens with one attached hydrogen (secondary N) is 1. The van der Waals surface area contributed by atoms with E-state index >= 15 is 0 Å².